The Bertz CT molecular complexity index is 596. The van der Waals surface area contributed by atoms with Crippen LogP contribution < -0.4 is 5.32 Å². The molecule has 2 rings (SSSR count). The van der Waals surface area contributed by atoms with Crippen molar-refractivity contribution in [2.75, 3.05) is 11.9 Å². The van der Waals surface area contributed by atoms with Crippen molar-refractivity contribution < 1.29 is 22.0 Å². The van der Waals surface area contributed by atoms with E-state index in [-0.39, 0.29) is 23.7 Å². The van der Waals surface area contributed by atoms with E-state index in [1.54, 1.807) is 0 Å². The maximum absolute atomic E-state index is 13.3. The lowest BCUT2D eigenvalue weighted by atomic mass is 10.1. The zero-order valence-electron chi connectivity index (χ0n) is 9.84. The Balaban J connectivity index is 1.93. The Kier molecular flexibility index (Phi) is 4.17. The van der Waals surface area contributed by atoms with Gasteiger partial charge in [-0.05, 0) is 30.2 Å². The second-order valence-corrected chi connectivity index (χ2v) is 4.80. The lowest BCUT2D eigenvalue weighted by Gasteiger charge is -2.04. The summed E-state index contributed by atoms with van der Waals surface area (Å²) in [6.07, 6.45) is -4.42. The van der Waals surface area contributed by atoms with Gasteiger partial charge in [-0.3, -0.25) is 0 Å². The van der Waals surface area contributed by atoms with Crippen LogP contribution >= 0.6 is 11.3 Å². The Morgan fingerprint density at radius 1 is 1.15 bits per heavy atom. The first-order chi connectivity index (χ1) is 9.36. The number of alkyl halides is 3. The molecule has 1 heterocycles. The second kappa shape index (κ2) is 5.70. The van der Waals surface area contributed by atoms with Crippen LogP contribution in [0.2, 0.25) is 0 Å². The van der Waals surface area contributed by atoms with E-state index in [1.165, 1.54) is 0 Å². The minimum absolute atomic E-state index is 0.0193. The van der Waals surface area contributed by atoms with Crippen molar-refractivity contribution in [1.82, 2.24) is 10.2 Å². The summed E-state index contributed by atoms with van der Waals surface area (Å²) in [5.41, 5.74) is 0.137. The van der Waals surface area contributed by atoms with Crippen LogP contribution in [0.1, 0.15) is 10.6 Å². The van der Waals surface area contributed by atoms with Crippen molar-refractivity contribution in [2.45, 2.75) is 12.6 Å². The molecule has 0 saturated carbocycles. The molecule has 0 fully saturated rings. The van der Waals surface area contributed by atoms with Gasteiger partial charge in [0, 0.05) is 6.54 Å². The van der Waals surface area contributed by atoms with Gasteiger partial charge in [0.1, 0.15) is 11.6 Å². The summed E-state index contributed by atoms with van der Waals surface area (Å²) in [6.45, 7) is 0.118. The van der Waals surface area contributed by atoms with Crippen molar-refractivity contribution in [3.8, 4) is 0 Å². The number of rotatable bonds is 4. The highest BCUT2D eigenvalue weighted by atomic mass is 32.1. The summed E-state index contributed by atoms with van der Waals surface area (Å²) < 4.78 is 63.0. The molecule has 0 spiro atoms. The largest absolute Gasteiger partial charge is 0.445 e. The summed E-state index contributed by atoms with van der Waals surface area (Å²) >= 11 is 0.356. The molecule has 0 aliphatic carbocycles. The average molecular weight is 309 g/mol. The fourth-order valence-corrected chi connectivity index (χ4v) is 2.08. The zero-order chi connectivity index (χ0) is 14.8. The molecule has 0 saturated heterocycles. The van der Waals surface area contributed by atoms with E-state index < -0.39 is 22.8 Å². The van der Waals surface area contributed by atoms with Crippen LogP contribution in [0.5, 0.6) is 0 Å². The van der Waals surface area contributed by atoms with Gasteiger partial charge >= 0.3 is 6.18 Å². The van der Waals surface area contributed by atoms with Gasteiger partial charge in [0.15, 0.2) is 0 Å². The molecular formula is C11H8F5N3S. The number of hydrogen-bond donors (Lipinski definition) is 1. The monoisotopic (exact) mass is 309 g/mol. The summed E-state index contributed by atoms with van der Waals surface area (Å²) in [6, 6.07) is 3.03. The van der Waals surface area contributed by atoms with Gasteiger partial charge in [0.2, 0.25) is 10.1 Å². The number of nitrogens with one attached hydrogen (secondary N) is 1. The fraction of sp³-hybridized carbons (Fsp3) is 0.273. The van der Waals surface area contributed by atoms with Gasteiger partial charge in [-0.15, -0.1) is 10.2 Å². The molecule has 0 atom stereocenters. The summed E-state index contributed by atoms with van der Waals surface area (Å²) in [5.74, 6) is -1.14. The van der Waals surface area contributed by atoms with Gasteiger partial charge in [0.25, 0.3) is 0 Å². The minimum Gasteiger partial charge on any atom is -0.360 e. The number of aromatic nitrogens is 2. The molecule has 0 radical (unpaired) electrons. The second-order valence-electron chi connectivity index (χ2n) is 3.82. The molecule has 9 heteroatoms. The van der Waals surface area contributed by atoms with Crippen molar-refractivity contribution in [2.24, 2.45) is 0 Å². The van der Waals surface area contributed by atoms with Crippen molar-refractivity contribution in [3.63, 3.8) is 0 Å². The van der Waals surface area contributed by atoms with Crippen LogP contribution in [0.3, 0.4) is 0 Å². The minimum atomic E-state index is -4.54. The number of nitrogens with zero attached hydrogens (tertiary/aromatic N) is 2. The fourth-order valence-electron chi connectivity index (χ4n) is 1.45. The molecule has 0 unspecified atom stereocenters. The molecule has 2 aromatic rings. The third-order valence-corrected chi connectivity index (χ3v) is 3.27. The highest BCUT2D eigenvalue weighted by Crippen LogP contribution is 2.32. The first-order valence-corrected chi connectivity index (χ1v) is 6.26. The topological polar surface area (TPSA) is 37.8 Å². The molecule has 1 N–H and O–H groups in total. The molecule has 3 nitrogen and oxygen atoms in total. The van der Waals surface area contributed by atoms with E-state index in [2.05, 4.69) is 15.5 Å². The summed E-state index contributed by atoms with van der Waals surface area (Å²) in [4.78, 5) is 0. The Hall–Kier alpha value is -1.77. The van der Waals surface area contributed by atoms with E-state index in [0.29, 0.717) is 11.3 Å². The normalized spacial score (nSPS) is 11.7. The van der Waals surface area contributed by atoms with Crippen LogP contribution in [0.4, 0.5) is 27.1 Å². The third kappa shape index (κ3) is 3.62. The average Bonchev–Trinajstić information content (AvgIpc) is 2.82. The van der Waals surface area contributed by atoms with E-state index in [0.717, 1.165) is 18.2 Å². The quantitative estimate of drug-likeness (QED) is 0.879. The first-order valence-electron chi connectivity index (χ1n) is 5.45. The Morgan fingerprint density at radius 3 is 2.55 bits per heavy atom. The molecule has 0 aliphatic heterocycles. The first kappa shape index (κ1) is 14.6. The smallest absolute Gasteiger partial charge is 0.360 e. The lowest BCUT2D eigenvalue weighted by molar-refractivity contribution is -0.138. The van der Waals surface area contributed by atoms with E-state index in [4.69, 9.17) is 0 Å². The molecular weight excluding hydrogens is 301 g/mol. The van der Waals surface area contributed by atoms with Gasteiger partial charge in [-0.1, -0.05) is 11.3 Å². The molecule has 1 aromatic carbocycles. The lowest BCUT2D eigenvalue weighted by Crippen LogP contribution is -2.06. The van der Waals surface area contributed by atoms with Crippen LogP contribution in [0.15, 0.2) is 18.2 Å². The van der Waals surface area contributed by atoms with Gasteiger partial charge in [-0.25, -0.2) is 8.78 Å². The molecule has 0 amide bonds. The zero-order valence-corrected chi connectivity index (χ0v) is 10.7. The standard InChI is InChI=1S/C11H8F5N3S/c12-7-1-2-8(13)6(5-7)3-4-17-10-19-18-9(20-10)11(14,15)16/h1-2,5H,3-4H2,(H,17,19). The highest BCUT2D eigenvalue weighted by Gasteiger charge is 2.35. The van der Waals surface area contributed by atoms with E-state index in [9.17, 15) is 22.0 Å². The third-order valence-electron chi connectivity index (χ3n) is 2.35. The summed E-state index contributed by atoms with van der Waals surface area (Å²) in [7, 11) is 0. The molecule has 108 valence electrons. The number of benzene rings is 1. The maximum atomic E-state index is 13.3. The van der Waals surface area contributed by atoms with Crippen LogP contribution in [0.25, 0.3) is 0 Å². The predicted octanol–water partition coefficient (Wildman–Crippen LogP) is 3.49. The predicted molar refractivity (Wildman–Crippen MR) is 63.5 cm³/mol. The number of halogens is 5. The van der Waals surface area contributed by atoms with Crippen molar-refractivity contribution in [3.05, 3.63) is 40.4 Å². The number of anilines is 1. The Morgan fingerprint density at radius 2 is 1.90 bits per heavy atom. The van der Waals surface area contributed by atoms with Gasteiger partial charge in [0.05, 0.1) is 0 Å². The van der Waals surface area contributed by atoms with Gasteiger partial charge in [-0.2, -0.15) is 13.2 Å². The van der Waals surface area contributed by atoms with Crippen LogP contribution in [0, 0.1) is 11.6 Å². The van der Waals surface area contributed by atoms with Crippen molar-refractivity contribution >= 4 is 16.5 Å². The Labute approximate surface area is 114 Å². The molecule has 0 bridgehead atoms. The van der Waals surface area contributed by atoms with Crippen LogP contribution in [-0.4, -0.2) is 16.7 Å². The molecule has 1 aromatic heterocycles. The highest BCUT2D eigenvalue weighted by molar-refractivity contribution is 7.15. The van der Waals surface area contributed by atoms with Gasteiger partial charge < -0.3 is 5.32 Å². The van der Waals surface area contributed by atoms with Crippen LogP contribution in [-0.2, 0) is 12.6 Å². The van der Waals surface area contributed by atoms with Crippen molar-refractivity contribution in [1.29, 1.82) is 0 Å². The maximum Gasteiger partial charge on any atom is 0.445 e. The SMILES string of the molecule is Fc1ccc(F)c(CCNc2nnc(C(F)(F)F)s2)c1. The molecule has 0 aliphatic rings. The molecule has 20 heavy (non-hydrogen) atoms. The van der Waals surface area contributed by atoms with E-state index >= 15 is 0 Å². The number of hydrogen-bond acceptors (Lipinski definition) is 4. The van der Waals surface area contributed by atoms with E-state index in [1.807, 2.05) is 0 Å². The summed E-state index contributed by atoms with van der Waals surface area (Å²) in [5, 5.41) is 7.83.